The van der Waals surface area contributed by atoms with Gasteiger partial charge >= 0.3 is 0 Å². The minimum absolute atomic E-state index is 0.0195. The Balaban J connectivity index is 1.43. The van der Waals surface area contributed by atoms with Crippen LogP contribution in [0.3, 0.4) is 0 Å². The molecule has 1 atom stereocenters. The predicted octanol–water partition coefficient (Wildman–Crippen LogP) is 1.20. The first-order chi connectivity index (χ1) is 11.0. The summed E-state index contributed by atoms with van der Waals surface area (Å²) in [6, 6.07) is 10.6. The molecule has 0 bridgehead atoms. The lowest BCUT2D eigenvalue weighted by molar-refractivity contribution is -0.125. The maximum absolute atomic E-state index is 12.2. The Morgan fingerprint density at radius 1 is 1.13 bits per heavy atom. The predicted molar refractivity (Wildman–Crippen MR) is 89.6 cm³/mol. The van der Waals surface area contributed by atoms with Crippen LogP contribution in [-0.2, 0) is 21.2 Å². The second-order valence-electron chi connectivity index (χ2n) is 6.64. The van der Waals surface area contributed by atoms with Gasteiger partial charge in [0.25, 0.3) is 0 Å². The Kier molecular flexibility index (Phi) is 5.02. The van der Waals surface area contributed by atoms with E-state index in [0.29, 0.717) is 6.42 Å². The Morgan fingerprint density at radius 2 is 1.83 bits per heavy atom. The molecule has 0 spiro atoms. The van der Waals surface area contributed by atoms with Crippen LogP contribution in [0, 0.1) is 5.92 Å². The third-order valence-corrected chi connectivity index (χ3v) is 6.55. The average molecular weight is 336 g/mol. The van der Waals surface area contributed by atoms with Crippen LogP contribution in [-0.4, -0.2) is 49.9 Å². The highest BCUT2D eigenvalue weighted by Gasteiger charge is 2.34. The van der Waals surface area contributed by atoms with E-state index in [1.54, 1.807) is 0 Å². The number of nitrogens with one attached hydrogen (secondary N) is 1. The van der Waals surface area contributed by atoms with E-state index in [0.717, 1.165) is 32.5 Å². The molecule has 6 heteroatoms. The first kappa shape index (κ1) is 16.5. The molecule has 2 aliphatic rings. The van der Waals surface area contributed by atoms with Crippen molar-refractivity contribution in [3.05, 3.63) is 35.9 Å². The lowest BCUT2D eigenvalue weighted by Gasteiger charge is -2.32. The molecule has 5 nitrogen and oxygen atoms in total. The lowest BCUT2D eigenvalue weighted by atomic mass is 10.0. The summed E-state index contributed by atoms with van der Waals surface area (Å²) in [4.78, 5) is 14.6. The molecule has 2 saturated heterocycles. The van der Waals surface area contributed by atoms with Gasteiger partial charge in [-0.1, -0.05) is 30.3 Å². The second kappa shape index (κ2) is 7.01. The summed E-state index contributed by atoms with van der Waals surface area (Å²) in [5.74, 6) is -0.248. The fraction of sp³-hybridized carbons (Fsp3) is 0.588. The van der Waals surface area contributed by atoms with Crippen LogP contribution >= 0.6 is 0 Å². The number of rotatable bonds is 4. The van der Waals surface area contributed by atoms with Gasteiger partial charge in [0.15, 0.2) is 9.84 Å². The standard InChI is InChI=1S/C17H24N2O3S/c20-17(15-8-11-23(21,22)13-15)18-16-6-9-19(10-7-16)12-14-4-2-1-3-5-14/h1-5,15-16H,6-13H2,(H,18,20)/t15-/m0/s1. The third-order valence-electron chi connectivity index (χ3n) is 4.79. The summed E-state index contributed by atoms with van der Waals surface area (Å²) >= 11 is 0. The summed E-state index contributed by atoms with van der Waals surface area (Å²) < 4.78 is 22.9. The summed E-state index contributed by atoms with van der Waals surface area (Å²) in [7, 11) is -2.99. The van der Waals surface area contributed by atoms with Crippen molar-refractivity contribution in [2.24, 2.45) is 5.92 Å². The Labute approximate surface area is 138 Å². The van der Waals surface area contributed by atoms with Gasteiger partial charge in [0.1, 0.15) is 0 Å². The van der Waals surface area contributed by atoms with Gasteiger partial charge in [-0.15, -0.1) is 0 Å². The average Bonchev–Trinajstić information content (AvgIpc) is 2.90. The maximum atomic E-state index is 12.2. The van der Waals surface area contributed by atoms with Crippen molar-refractivity contribution in [2.75, 3.05) is 24.6 Å². The number of hydrogen-bond donors (Lipinski definition) is 1. The monoisotopic (exact) mass is 336 g/mol. The summed E-state index contributed by atoms with van der Waals surface area (Å²) in [6.45, 7) is 2.87. The molecule has 1 aromatic carbocycles. The van der Waals surface area contributed by atoms with Crippen molar-refractivity contribution in [3.63, 3.8) is 0 Å². The first-order valence-electron chi connectivity index (χ1n) is 8.29. The molecule has 1 N–H and O–H groups in total. The van der Waals surface area contributed by atoms with Crippen LogP contribution in [0.25, 0.3) is 0 Å². The first-order valence-corrected chi connectivity index (χ1v) is 10.1. The fourth-order valence-electron chi connectivity index (χ4n) is 3.40. The zero-order valence-corrected chi connectivity index (χ0v) is 14.1. The molecule has 0 unspecified atom stereocenters. The van der Waals surface area contributed by atoms with Gasteiger partial charge in [-0.2, -0.15) is 0 Å². The highest BCUT2D eigenvalue weighted by Crippen LogP contribution is 2.20. The molecule has 0 radical (unpaired) electrons. The molecule has 0 aromatic heterocycles. The number of likely N-dealkylation sites (tertiary alicyclic amines) is 1. The van der Waals surface area contributed by atoms with E-state index in [1.807, 2.05) is 6.07 Å². The third kappa shape index (κ3) is 4.54. The normalized spacial score (nSPS) is 25.3. The largest absolute Gasteiger partial charge is 0.353 e. The van der Waals surface area contributed by atoms with Crippen molar-refractivity contribution in [1.29, 1.82) is 0 Å². The van der Waals surface area contributed by atoms with E-state index < -0.39 is 9.84 Å². The Bertz CT molecular complexity index is 637. The minimum atomic E-state index is -2.99. The molecular weight excluding hydrogens is 312 g/mol. The van der Waals surface area contributed by atoms with Crippen molar-refractivity contribution >= 4 is 15.7 Å². The van der Waals surface area contributed by atoms with Gasteiger partial charge in [0, 0.05) is 25.7 Å². The molecule has 126 valence electrons. The molecule has 0 aliphatic carbocycles. The van der Waals surface area contributed by atoms with Crippen molar-refractivity contribution in [2.45, 2.75) is 31.8 Å². The molecule has 0 saturated carbocycles. The summed E-state index contributed by atoms with van der Waals surface area (Å²) in [5.41, 5.74) is 1.31. The summed E-state index contributed by atoms with van der Waals surface area (Å²) in [5, 5.41) is 3.05. The van der Waals surface area contributed by atoms with E-state index in [4.69, 9.17) is 0 Å². The lowest BCUT2D eigenvalue weighted by Crippen LogP contribution is -2.46. The maximum Gasteiger partial charge on any atom is 0.224 e. The number of hydrogen-bond acceptors (Lipinski definition) is 4. The molecule has 3 rings (SSSR count). The highest BCUT2D eigenvalue weighted by molar-refractivity contribution is 7.91. The Morgan fingerprint density at radius 3 is 2.43 bits per heavy atom. The number of benzene rings is 1. The van der Waals surface area contributed by atoms with Crippen molar-refractivity contribution in [3.8, 4) is 0 Å². The topological polar surface area (TPSA) is 66.5 Å². The molecule has 2 heterocycles. The van der Waals surface area contributed by atoms with Crippen LogP contribution in [0.1, 0.15) is 24.8 Å². The van der Waals surface area contributed by atoms with Gasteiger partial charge < -0.3 is 5.32 Å². The Hall–Kier alpha value is -1.40. The SMILES string of the molecule is O=C(NC1CCN(Cc2ccccc2)CC1)[C@H]1CCS(=O)(=O)C1. The molecule has 1 aromatic rings. The number of nitrogens with zero attached hydrogens (tertiary/aromatic N) is 1. The number of carbonyl (C=O) groups excluding carboxylic acids is 1. The van der Waals surface area contributed by atoms with Gasteiger partial charge in [-0.05, 0) is 24.8 Å². The van der Waals surface area contributed by atoms with Crippen molar-refractivity contribution < 1.29 is 13.2 Å². The number of sulfone groups is 1. The minimum Gasteiger partial charge on any atom is -0.353 e. The van der Waals surface area contributed by atoms with Gasteiger partial charge in [-0.3, -0.25) is 9.69 Å². The zero-order chi connectivity index (χ0) is 16.3. The van der Waals surface area contributed by atoms with Crippen LogP contribution in [0.15, 0.2) is 30.3 Å². The van der Waals surface area contributed by atoms with Crippen LogP contribution in [0.2, 0.25) is 0 Å². The number of amides is 1. The number of carbonyl (C=O) groups is 1. The van der Waals surface area contributed by atoms with Gasteiger partial charge in [0.2, 0.25) is 5.91 Å². The quantitative estimate of drug-likeness (QED) is 0.897. The molecular formula is C17H24N2O3S. The van der Waals surface area contributed by atoms with Gasteiger partial charge in [0.05, 0.1) is 17.4 Å². The number of piperidine rings is 1. The molecule has 2 aliphatic heterocycles. The highest BCUT2D eigenvalue weighted by atomic mass is 32.2. The van der Waals surface area contributed by atoms with E-state index >= 15 is 0 Å². The van der Waals surface area contributed by atoms with E-state index in [1.165, 1.54) is 5.56 Å². The van der Waals surface area contributed by atoms with E-state index in [2.05, 4.69) is 34.5 Å². The van der Waals surface area contributed by atoms with Crippen molar-refractivity contribution in [1.82, 2.24) is 10.2 Å². The smallest absolute Gasteiger partial charge is 0.224 e. The van der Waals surface area contributed by atoms with E-state index in [-0.39, 0.29) is 29.4 Å². The fourth-order valence-corrected chi connectivity index (χ4v) is 5.14. The van der Waals surface area contributed by atoms with Gasteiger partial charge in [-0.25, -0.2) is 8.42 Å². The van der Waals surface area contributed by atoms with E-state index in [9.17, 15) is 13.2 Å². The van der Waals surface area contributed by atoms with Crippen LogP contribution in [0.5, 0.6) is 0 Å². The van der Waals surface area contributed by atoms with Crippen LogP contribution in [0.4, 0.5) is 0 Å². The van der Waals surface area contributed by atoms with Crippen LogP contribution < -0.4 is 5.32 Å². The molecule has 23 heavy (non-hydrogen) atoms. The second-order valence-corrected chi connectivity index (χ2v) is 8.87. The molecule has 1 amide bonds. The zero-order valence-electron chi connectivity index (χ0n) is 13.3. The molecule has 2 fully saturated rings. The summed E-state index contributed by atoms with van der Waals surface area (Å²) in [6.07, 6.45) is 2.33.